The van der Waals surface area contributed by atoms with Crippen molar-refractivity contribution in [3.8, 4) is 0 Å². The number of carbonyl (C=O) groups is 1. The number of benzene rings is 1. The van der Waals surface area contributed by atoms with Crippen LogP contribution < -0.4 is 5.56 Å². The minimum absolute atomic E-state index is 0.241. The molecule has 0 bridgehead atoms. The van der Waals surface area contributed by atoms with Gasteiger partial charge in [0.2, 0.25) is 0 Å². The summed E-state index contributed by atoms with van der Waals surface area (Å²) in [7, 11) is 0. The Labute approximate surface area is 109 Å². The molecule has 1 heterocycles. The molecule has 0 aliphatic carbocycles. The molecule has 0 aliphatic rings. The van der Waals surface area contributed by atoms with E-state index in [-0.39, 0.29) is 5.56 Å². The number of aromatic nitrogens is 2. The second-order valence-electron chi connectivity index (χ2n) is 4.05. The topological polar surface area (TPSA) is 72.0 Å². The third-order valence-electron chi connectivity index (χ3n) is 2.61. The first-order chi connectivity index (χ1) is 9.11. The van der Waals surface area contributed by atoms with E-state index in [4.69, 9.17) is 4.74 Å². The number of rotatable bonds is 3. The minimum Gasteiger partial charge on any atom is -0.451 e. The van der Waals surface area contributed by atoms with Gasteiger partial charge in [0.1, 0.15) is 0 Å². The lowest BCUT2D eigenvalue weighted by Crippen LogP contribution is -2.16. The van der Waals surface area contributed by atoms with E-state index in [9.17, 15) is 9.59 Å². The second-order valence-corrected chi connectivity index (χ2v) is 4.05. The van der Waals surface area contributed by atoms with E-state index in [0.717, 1.165) is 0 Å². The minimum atomic E-state index is -0.610. The highest BCUT2D eigenvalue weighted by Gasteiger charge is 2.13. The van der Waals surface area contributed by atoms with Gasteiger partial charge in [-0.05, 0) is 26.0 Å². The Hall–Kier alpha value is -2.43. The van der Waals surface area contributed by atoms with Crippen molar-refractivity contribution in [2.45, 2.75) is 20.0 Å². The molecule has 5 nitrogen and oxygen atoms in total. The summed E-state index contributed by atoms with van der Waals surface area (Å²) in [6.07, 6.45) is 2.29. The lowest BCUT2D eigenvalue weighted by Gasteiger charge is -2.11. The van der Waals surface area contributed by atoms with Gasteiger partial charge in [0, 0.05) is 6.08 Å². The van der Waals surface area contributed by atoms with Gasteiger partial charge < -0.3 is 9.72 Å². The van der Waals surface area contributed by atoms with Crippen molar-refractivity contribution in [3.05, 3.63) is 52.6 Å². The van der Waals surface area contributed by atoms with Crippen LogP contribution in [0.1, 0.15) is 25.8 Å². The first-order valence-electron chi connectivity index (χ1n) is 5.94. The summed E-state index contributed by atoms with van der Waals surface area (Å²) in [6.45, 7) is 3.39. The maximum atomic E-state index is 11.9. The average Bonchev–Trinajstić information content (AvgIpc) is 2.39. The van der Waals surface area contributed by atoms with Gasteiger partial charge >= 0.3 is 5.97 Å². The molecule has 19 heavy (non-hydrogen) atoms. The lowest BCUT2D eigenvalue weighted by atomic mass is 10.2. The van der Waals surface area contributed by atoms with Crippen molar-refractivity contribution in [2.75, 3.05) is 0 Å². The Morgan fingerprint density at radius 1 is 1.42 bits per heavy atom. The second kappa shape index (κ2) is 5.48. The van der Waals surface area contributed by atoms with E-state index in [1.54, 1.807) is 44.2 Å². The fourth-order valence-corrected chi connectivity index (χ4v) is 1.70. The molecule has 0 aliphatic heterocycles. The van der Waals surface area contributed by atoms with Gasteiger partial charge in [-0.15, -0.1) is 0 Å². The van der Waals surface area contributed by atoms with Crippen molar-refractivity contribution in [1.29, 1.82) is 0 Å². The van der Waals surface area contributed by atoms with E-state index in [2.05, 4.69) is 9.97 Å². The molecule has 0 amide bonds. The molecule has 0 unspecified atom stereocenters. The Morgan fingerprint density at radius 3 is 2.89 bits per heavy atom. The molecule has 2 rings (SSSR count). The van der Waals surface area contributed by atoms with E-state index in [0.29, 0.717) is 16.7 Å². The fourth-order valence-electron chi connectivity index (χ4n) is 1.70. The van der Waals surface area contributed by atoms with E-state index >= 15 is 0 Å². The highest BCUT2D eigenvalue weighted by Crippen LogP contribution is 2.14. The number of hydrogen-bond donors (Lipinski definition) is 1. The van der Waals surface area contributed by atoms with Crippen molar-refractivity contribution in [3.63, 3.8) is 0 Å². The molecule has 2 aromatic rings. The SMILES string of the molecule is C/C=C/C(=O)O[C@@H](C)c1nc2ccccc2c(=O)[nH]1. The van der Waals surface area contributed by atoms with Crippen molar-refractivity contribution in [2.24, 2.45) is 0 Å². The number of nitrogens with one attached hydrogen (secondary N) is 1. The third kappa shape index (κ3) is 2.88. The number of ether oxygens (including phenoxy) is 1. The normalized spacial score (nSPS) is 12.7. The van der Waals surface area contributed by atoms with E-state index in [1.165, 1.54) is 6.08 Å². The number of fused-ring (bicyclic) bond motifs is 1. The van der Waals surface area contributed by atoms with Crippen LogP contribution >= 0.6 is 0 Å². The van der Waals surface area contributed by atoms with Crippen molar-refractivity contribution in [1.82, 2.24) is 9.97 Å². The predicted molar refractivity (Wildman–Crippen MR) is 71.7 cm³/mol. The summed E-state index contributed by atoms with van der Waals surface area (Å²) in [5.41, 5.74) is 0.338. The zero-order valence-electron chi connectivity index (χ0n) is 10.7. The Morgan fingerprint density at radius 2 is 2.16 bits per heavy atom. The molecule has 1 aromatic carbocycles. The first kappa shape index (κ1) is 13.0. The number of esters is 1. The molecule has 98 valence electrons. The van der Waals surface area contributed by atoms with Gasteiger partial charge in [0.15, 0.2) is 11.9 Å². The van der Waals surface area contributed by atoms with Crippen LogP contribution in [0.3, 0.4) is 0 Å². The molecule has 1 N–H and O–H groups in total. The molecule has 0 fully saturated rings. The standard InChI is InChI=1S/C14H14N2O3/c1-3-6-12(17)19-9(2)13-15-11-8-5-4-7-10(11)14(18)16-13/h3-9H,1-2H3,(H,15,16,18)/b6-3+/t9-/m0/s1. The maximum Gasteiger partial charge on any atom is 0.331 e. The van der Waals surface area contributed by atoms with Crippen LogP contribution in [-0.2, 0) is 9.53 Å². The van der Waals surface area contributed by atoms with E-state index in [1.807, 2.05) is 0 Å². The monoisotopic (exact) mass is 258 g/mol. The van der Waals surface area contributed by atoms with Gasteiger partial charge in [-0.25, -0.2) is 9.78 Å². The van der Waals surface area contributed by atoms with Gasteiger partial charge in [-0.2, -0.15) is 0 Å². The molecule has 1 atom stereocenters. The number of carbonyl (C=O) groups excluding carboxylic acids is 1. The lowest BCUT2D eigenvalue weighted by molar-refractivity contribution is -0.142. The summed E-state index contributed by atoms with van der Waals surface area (Å²) in [5, 5.41) is 0.512. The first-order valence-corrected chi connectivity index (χ1v) is 5.94. The van der Waals surface area contributed by atoms with Gasteiger partial charge in [-0.1, -0.05) is 18.2 Å². The summed E-state index contributed by atoms with van der Waals surface area (Å²) in [6, 6.07) is 7.01. The molecule has 5 heteroatoms. The predicted octanol–water partition coefficient (Wildman–Crippen LogP) is 2.10. The molecule has 0 radical (unpaired) electrons. The molecule has 0 saturated heterocycles. The number of aromatic amines is 1. The molecular weight excluding hydrogens is 244 g/mol. The number of nitrogens with zero attached hydrogens (tertiary/aromatic N) is 1. The summed E-state index contributed by atoms with van der Waals surface area (Å²) in [5.74, 6) is -0.132. The van der Waals surface area contributed by atoms with Crippen LogP contribution in [0.15, 0.2) is 41.2 Å². The molecule has 0 spiro atoms. The molecular formula is C14H14N2O3. The van der Waals surface area contributed by atoms with Gasteiger partial charge in [-0.3, -0.25) is 4.79 Å². The highest BCUT2D eigenvalue weighted by atomic mass is 16.5. The molecule has 1 aromatic heterocycles. The molecule has 0 saturated carbocycles. The van der Waals surface area contributed by atoms with Crippen LogP contribution in [0.25, 0.3) is 10.9 Å². The van der Waals surface area contributed by atoms with Crippen LogP contribution in [0.5, 0.6) is 0 Å². The summed E-state index contributed by atoms with van der Waals surface area (Å²) in [4.78, 5) is 30.1. The quantitative estimate of drug-likeness (QED) is 0.676. The zero-order valence-corrected chi connectivity index (χ0v) is 10.7. The van der Waals surface area contributed by atoms with Crippen LogP contribution in [0.2, 0.25) is 0 Å². The Bertz CT molecular complexity index is 688. The number of allylic oxidation sites excluding steroid dienone is 1. The van der Waals surface area contributed by atoms with Crippen LogP contribution in [0, 0.1) is 0 Å². The summed E-state index contributed by atoms with van der Waals surface area (Å²) >= 11 is 0. The number of para-hydroxylation sites is 1. The number of hydrogen-bond acceptors (Lipinski definition) is 4. The van der Waals surface area contributed by atoms with Crippen LogP contribution in [0.4, 0.5) is 0 Å². The largest absolute Gasteiger partial charge is 0.451 e. The van der Waals surface area contributed by atoms with E-state index < -0.39 is 12.1 Å². The Kier molecular flexibility index (Phi) is 3.75. The van der Waals surface area contributed by atoms with Crippen LogP contribution in [-0.4, -0.2) is 15.9 Å². The summed E-state index contributed by atoms with van der Waals surface area (Å²) < 4.78 is 5.12. The Balaban J connectivity index is 2.35. The highest BCUT2D eigenvalue weighted by molar-refractivity contribution is 5.82. The van der Waals surface area contributed by atoms with Gasteiger partial charge in [0.05, 0.1) is 10.9 Å². The maximum absolute atomic E-state index is 11.9. The fraction of sp³-hybridized carbons (Fsp3) is 0.214. The smallest absolute Gasteiger partial charge is 0.331 e. The zero-order chi connectivity index (χ0) is 13.8. The number of H-pyrrole nitrogens is 1. The van der Waals surface area contributed by atoms with Gasteiger partial charge in [0.25, 0.3) is 5.56 Å². The average molecular weight is 258 g/mol. The third-order valence-corrected chi connectivity index (χ3v) is 2.61. The van der Waals surface area contributed by atoms with Crippen molar-refractivity contribution >= 4 is 16.9 Å². The van der Waals surface area contributed by atoms with Crippen molar-refractivity contribution < 1.29 is 9.53 Å².